The van der Waals surface area contributed by atoms with Crippen molar-refractivity contribution in [2.75, 3.05) is 24.5 Å². The highest BCUT2D eigenvalue weighted by molar-refractivity contribution is 5.75. The lowest BCUT2D eigenvalue weighted by molar-refractivity contribution is 0.144. The topological polar surface area (TPSA) is 35.6 Å². The van der Waals surface area contributed by atoms with Gasteiger partial charge >= 0.3 is 6.03 Å². The van der Waals surface area contributed by atoms with E-state index >= 15 is 0 Å². The molecule has 0 bridgehead atoms. The van der Waals surface area contributed by atoms with E-state index in [1.165, 1.54) is 12.1 Å². The van der Waals surface area contributed by atoms with Gasteiger partial charge in [0.1, 0.15) is 0 Å². The summed E-state index contributed by atoms with van der Waals surface area (Å²) in [6.07, 6.45) is 6.71. The van der Waals surface area contributed by atoms with Crippen molar-refractivity contribution in [3.8, 4) is 0 Å². The third-order valence-corrected chi connectivity index (χ3v) is 5.30. The van der Waals surface area contributed by atoms with E-state index in [0.717, 1.165) is 51.7 Å². The van der Waals surface area contributed by atoms with Gasteiger partial charge in [0, 0.05) is 37.4 Å². The van der Waals surface area contributed by atoms with Crippen molar-refractivity contribution in [3.05, 3.63) is 30.3 Å². The average molecular weight is 315 g/mol. The number of benzene rings is 1. The lowest BCUT2D eigenvalue weighted by Crippen LogP contribution is -2.53. The molecule has 2 heterocycles. The number of nitrogens with zero attached hydrogens (tertiary/aromatic N) is 2. The van der Waals surface area contributed by atoms with Crippen molar-refractivity contribution in [2.24, 2.45) is 0 Å². The molecule has 2 aliphatic rings. The molecule has 1 atom stereocenters. The number of urea groups is 1. The van der Waals surface area contributed by atoms with Crippen LogP contribution in [-0.2, 0) is 0 Å². The molecule has 2 amide bonds. The normalized spacial score (nSPS) is 22.9. The van der Waals surface area contributed by atoms with Crippen LogP contribution >= 0.6 is 0 Å². The predicted molar refractivity (Wildman–Crippen MR) is 94.8 cm³/mol. The van der Waals surface area contributed by atoms with Gasteiger partial charge in [-0.1, -0.05) is 25.1 Å². The number of rotatable bonds is 3. The second-order valence-corrected chi connectivity index (χ2v) is 6.80. The molecule has 1 aromatic rings. The first kappa shape index (κ1) is 16.2. The molecule has 0 saturated carbocycles. The minimum absolute atomic E-state index is 0.162. The number of nitrogens with one attached hydrogen (secondary N) is 1. The summed E-state index contributed by atoms with van der Waals surface area (Å²) in [4.78, 5) is 17.1. The fourth-order valence-electron chi connectivity index (χ4n) is 3.87. The minimum atomic E-state index is 0.162. The molecule has 0 aliphatic carbocycles. The van der Waals surface area contributed by atoms with Gasteiger partial charge in [-0.05, 0) is 50.7 Å². The molecule has 0 aromatic heterocycles. The number of para-hydroxylation sites is 1. The van der Waals surface area contributed by atoms with Gasteiger partial charge in [0.25, 0.3) is 0 Å². The molecule has 3 rings (SSSR count). The van der Waals surface area contributed by atoms with Crippen LogP contribution in [0.3, 0.4) is 0 Å². The molecule has 4 nitrogen and oxygen atoms in total. The predicted octanol–water partition coefficient (Wildman–Crippen LogP) is 3.63. The van der Waals surface area contributed by atoms with E-state index in [4.69, 9.17) is 0 Å². The fraction of sp³-hybridized carbons (Fsp3) is 0.632. The molecular weight excluding hydrogens is 286 g/mol. The molecule has 126 valence electrons. The Morgan fingerprint density at radius 3 is 2.52 bits per heavy atom. The third kappa shape index (κ3) is 3.98. The number of piperidine rings is 2. The van der Waals surface area contributed by atoms with Crippen molar-refractivity contribution in [2.45, 2.75) is 57.5 Å². The van der Waals surface area contributed by atoms with E-state index in [9.17, 15) is 4.79 Å². The van der Waals surface area contributed by atoms with Crippen LogP contribution in [0.15, 0.2) is 30.3 Å². The summed E-state index contributed by atoms with van der Waals surface area (Å²) < 4.78 is 0. The first-order chi connectivity index (χ1) is 11.3. The van der Waals surface area contributed by atoms with Gasteiger partial charge in [0.05, 0.1) is 0 Å². The largest absolute Gasteiger partial charge is 0.371 e. The Hall–Kier alpha value is -1.71. The summed E-state index contributed by atoms with van der Waals surface area (Å²) >= 11 is 0. The standard InChI is InChI=1S/C19H29N3O/c1-2-17-8-6-7-13-22(17)19(23)20-16-11-14-21(15-12-16)18-9-4-3-5-10-18/h3-5,9-10,16-17H,2,6-8,11-15H2,1H3,(H,20,23). The van der Waals surface area contributed by atoms with Crippen molar-refractivity contribution in [1.29, 1.82) is 0 Å². The summed E-state index contributed by atoms with van der Waals surface area (Å²) in [6, 6.07) is 11.5. The Balaban J connectivity index is 1.49. The fourth-order valence-corrected chi connectivity index (χ4v) is 3.87. The molecular formula is C19H29N3O. The van der Waals surface area contributed by atoms with E-state index in [0.29, 0.717) is 12.1 Å². The highest BCUT2D eigenvalue weighted by atomic mass is 16.2. The van der Waals surface area contributed by atoms with E-state index in [-0.39, 0.29) is 6.03 Å². The lowest BCUT2D eigenvalue weighted by atomic mass is 10.00. The Bertz CT molecular complexity index is 497. The van der Waals surface area contributed by atoms with Crippen molar-refractivity contribution < 1.29 is 4.79 Å². The summed E-state index contributed by atoms with van der Waals surface area (Å²) in [5.41, 5.74) is 1.29. The Labute approximate surface area is 139 Å². The molecule has 2 saturated heterocycles. The number of carbonyl (C=O) groups excluding carboxylic acids is 1. The van der Waals surface area contributed by atoms with E-state index in [1.54, 1.807) is 0 Å². The first-order valence-electron chi connectivity index (χ1n) is 9.15. The minimum Gasteiger partial charge on any atom is -0.371 e. The van der Waals surface area contributed by atoms with Crippen LogP contribution in [0.2, 0.25) is 0 Å². The van der Waals surface area contributed by atoms with Gasteiger partial charge in [-0.15, -0.1) is 0 Å². The molecule has 2 aliphatic heterocycles. The van der Waals surface area contributed by atoms with E-state index < -0.39 is 0 Å². The summed E-state index contributed by atoms with van der Waals surface area (Å²) in [5, 5.41) is 3.29. The third-order valence-electron chi connectivity index (χ3n) is 5.30. The lowest BCUT2D eigenvalue weighted by Gasteiger charge is -2.38. The van der Waals surface area contributed by atoms with Crippen molar-refractivity contribution in [1.82, 2.24) is 10.2 Å². The number of hydrogen-bond donors (Lipinski definition) is 1. The number of hydrogen-bond acceptors (Lipinski definition) is 2. The zero-order chi connectivity index (χ0) is 16.1. The number of carbonyl (C=O) groups is 1. The zero-order valence-corrected chi connectivity index (χ0v) is 14.2. The van der Waals surface area contributed by atoms with Gasteiger partial charge in [0.2, 0.25) is 0 Å². The molecule has 1 unspecified atom stereocenters. The van der Waals surface area contributed by atoms with Crippen LogP contribution in [0.25, 0.3) is 0 Å². The SMILES string of the molecule is CCC1CCCCN1C(=O)NC1CCN(c2ccccc2)CC1. The van der Waals surface area contributed by atoms with Gasteiger partial charge in [-0.25, -0.2) is 4.79 Å². The highest BCUT2D eigenvalue weighted by Crippen LogP contribution is 2.22. The summed E-state index contributed by atoms with van der Waals surface area (Å²) in [7, 11) is 0. The Kier molecular flexibility index (Phi) is 5.42. The molecule has 1 N–H and O–H groups in total. The summed E-state index contributed by atoms with van der Waals surface area (Å²) in [6.45, 7) is 5.15. The molecule has 2 fully saturated rings. The smallest absolute Gasteiger partial charge is 0.317 e. The van der Waals surface area contributed by atoms with Gasteiger partial charge in [-0.2, -0.15) is 0 Å². The van der Waals surface area contributed by atoms with Crippen LogP contribution < -0.4 is 10.2 Å². The molecule has 0 radical (unpaired) electrons. The van der Waals surface area contributed by atoms with Crippen LogP contribution in [0.5, 0.6) is 0 Å². The van der Waals surface area contributed by atoms with Crippen molar-refractivity contribution in [3.63, 3.8) is 0 Å². The van der Waals surface area contributed by atoms with Crippen LogP contribution in [0.4, 0.5) is 10.5 Å². The van der Waals surface area contributed by atoms with Gasteiger partial charge < -0.3 is 15.1 Å². The van der Waals surface area contributed by atoms with Crippen molar-refractivity contribution >= 4 is 11.7 Å². The maximum absolute atomic E-state index is 12.6. The number of anilines is 1. The molecule has 4 heteroatoms. The average Bonchev–Trinajstić information content (AvgIpc) is 2.63. The number of amides is 2. The van der Waals surface area contributed by atoms with Crippen LogP contribution in [0.1, 0.15) is 45.4 Å². The molecule has 1 aromatic carbocycles. The van der Waals surface area contributed by atoms with Crippen LogP contribution in [0, 0.1) is 0 Å². The van der Waals surface area contributed by atoms with E-state index in [2.05, 4.69) is 52.4 Å². The first-order valence-corrected chi connectivity index (χ1v) is 9.15. The maximum Gasteiger partial charge on any atom is 0.317 e. The number of likely N-dealkylation sites (tertiary alicyclic amines) is 1. The summed E-state index contributed by atoms with van der Waals surface area (Å²) in [5.74, 6) is 0. The highest BCUT2D eigenvalue weighted by Gasteiger charge is 2.28. The Morgan fingerprint density at radius 2 is 1.83 bits per heavy atom. The van der Waals surface area contributed by atoms with Crippen LogP contribution in [-0.4, -0.2) is 42.6 Å². The second kappa shape index (κ2) is 7.71. The van der Waals surface area contributed by atoms with E-state index in [1.807, 2.05) is 0 Å². The van der Waals surface area contributed by atoms with Gasteiger partial charge in [-0.3, -0.25) is 0 Å². The molecule has 23 heavy (non-hydrogen) atoms. The Morgan fingerprint density at radius 1 is 1.09 bits per heavy atom. The second-order valence-electron chi connectivity index (χ2n) is 6.80. The zero-order valence-electron chi connectivity index (χ0n) is 14.2. The van der Waals surface area contributed by atoms with Gasteiger partial charge in [0.15, 0.2) is 0 Å². The quantitative estimate of drug-likeness (QED) is 0.924. The monoisotopic (exact) mass is 315 g/mol. The molecule has 0 spiro atoms. The maximum atomic E-state index is 12.6.